The molecule has 0 amide bonds. The molecule has 0 aromatic heterocycles. The van der Waals surface area contributed by atoms with E-state index in [-0.39, 0.29) is 5.56 Å². The van der Waals surface area contributed by atoms with Gasteiger partial charge in [0, 0.05) is 0 Å². The molecule has 0 radical (unpaired) electrons. The minimum atomic E-state index is -1.00. The van der Waals surface area contributed by atoms with E-state index in [1.165, 1.54) is 0 Å². The molecule has 92 valence electrons. The molecule has 0 heterocycles. The molecule has 0 aliphatic rings. The van der Waals surface area contributed by atoms with Gasteiger partial charge in [0.1, 0.15) is 17.1 Å². The number of halogens is 1. The second kappa shape index (κ2) is 5.23. The topological polar surface area (TPSA) is 46.5 Å². The Labute approximate surface area is 113 Å². The van der Waals surface area contributed by atoms with E-state index in [0.717, 1.165) is 10.0 Å². The first-order chi connectivity index (χ1) is 8.58. The number of hydrogen-bond donors (Lipinski definition) is 1. The van der Waals surface area contributed by atoms with E-state index < -0.39 is 5.97 Å². The fourth-order valence-corrected chi connectivity index (χ4v) is 1.90. The normalized spacial score (nSPS) is 10.1. The Morgan fingerprint density at radius 3 is 2.56 bits per heavy atom. The Morgan fingerprint density at radius 1 is 1.17 bits per heavy atom. The zero-order valence-corrected chi connectivity index (χ0v) is 11.3. The predicted octanol–water partition coefficient (Wildman–Crippen LogP) is 4.25. The van der Waals surface area contributed by atoms with Gasteiger partial charge in [-0.2, -0.15) is 0 Å². The molecular formula is C14H11BrO3. The summed E-state index contributed by atoms with van der Waals surface area (Å²) < 4.78 is 6.44. The molecule has 0 aliphatic heterocycles. The van der Waals surface area contributed by atoms with Crippen LogP contribution in [-0.4, -0.2) is 11.1 Å². The number of aromatic carboxylic acids is 1. The van der Waals surface area contributed by atoms with Crippen LogP contribution in [0.15, 0.2) is 46.9 Å². The van der Waals surface area contributed by atoms with E-state index in [9.17, 15) is 4.79 Å². The largest absolute Gasteiger partial charge is 0.478 e. The van der Waals surface area contributed by atoms with E-state index in [1.807, 2.05) is 25.1 Å². The Balaban J connectivity index is 2.42. The standard InChI is InChI=1S/C14H11BrO3/c1-9-6-7-10(14(16)17)13(8-9)18-12-5-3-2-4-11(12)15/h2-8H,1H3,(H,16,17). The quantitative estimate of drug-likeness (QED) is 0.922. The van der Waals surface area contributed by atoms with Gasteiger partial charge in [0.25, 0.3) is 0 Å². The van der Waals surface area contributed by atoms with E-state index in [4.69, 9.17) is 9.84 Å². The first kappa shape index (κ1) is 12.6. The molecule has 0 saturated carbocycles. The van der Waals surface area contributed by atoms with Crippen molar-refractivity contribution in [1.82, 2.24) is 0 Å². The van der Waals surface area contributed by atoms with Crippen LogP contribution in [0.4, 0.5) is 0 Å². The number of carboxylic acids is 1. The molecule has 18 heavy (non-hydrogen) atoms. The fraction of sp³-hybridized carbons (Fsp3) is 0.0714. The van der Waals surface area contributed by atoms with E-state index in [0.29, 0.717) is 11.5 Å². The zero-order chi connectivity index (χ0) is 13.1. The van der Waals surface area contributed by atoms with Crippen LogP contribution in [0, 0.1) is 6.92 Å². The number of para-hydroxylation sites is 1. The lowest BCUT2D eigenvalue weighted by Gasteiger charge is -2.10. The van der Waals surface area contributed by atoms with Crippen LogP contribution in [0.5, 0.6) is 11.5 Å². The molecule has 2 aromatic rings. The number of rotatable bonds is 3. The summed E-state index contributed by atoms with van der Waals surface area (Å²) in [5.41, 5.74) is 1.10. The van der Waals surface area contributed by atoms with Gasteiger partial charge in [-0.15, -0.1) is 0 Å². The minimum absolute atomic E-state index is 0.149. The van der Waals surface area contributed by atoms with Crippen molar-refractivity contribution in [2.24, 2.45) is 0 Å². The van der Waals surface area contributed by atoms with Crippen molar-refractivity contribution in [2.75, 3.05) is 0 Å². The maximum Gasteiger partial charge on any atom is 0.339 e. The molecule has 0 spiro atoms. The van der Waals surface area contributed by atoms with Gasteiger partial charge in [0.2, 0.25) is 0 Å². The zero-order valence-electron chi connectivity index (χ0n) is 9.68. The highest BCUT2D eigenvalue weighted by Gasteiger charge is 2.13. The second-order valence-electron chi connectivity index (χ2n) is 3.84. The van der Waals surface area contributed by atoms with Crippen molar-refractivity contribution in [3.63, 3.8) is 0 Å². The summed E-state index contributed by atoms with van der Waals surface area (Å²) in [7, 11) is 0. The molecule has 1 N–H and O–H groups in total. The van der Waals surface area contributed by atoms with Gasteiger partial charge in [0.15, 0.2) is 0 Å². The van der Waals surface area contributed by atoms with Gasteiger partial charge in [-0.05, 0) is 52.7 Å². The van der Waals surface area contributed by atoms with Crippen LogP contribution in [0.1, 0.15) is 15.9 Å². The Morgan fingerprint density at radius 2 is 1.89 bits per heavy atom. The highest BCUT2D eigenvalue weighted by atomic mass is 79.9. The summed E-state index contributed by atoms with van der Waals surface area (Å²) in [5.74, 6) is -0.0722. The van der Waals surface area contributed by atoms with Crippen LogP contribution in [0.25, 0.3) is 0 Å². The highest BCUT2D eigenvalue weighted by Crippen LogP contribution is 2.31. The van der Waals surface area contributed by atoms with Crippen LogP contribution in [0.2, 0.25) is 0 Å². The van der Waals surface area contributed by atoms with E-state index >= 15 is 0 Å². The Hall–Kier alpha value is -1.81. The number of carboxylic acid groups (broad SMARTS) is 1. The number of benzene rings is 2. The van der Waals surface area contributed by atoms with Crippen molar-refractivity contribution in [2.45, 2.75) is 6.92 Å². The third kappa shape index (κ3) is 2.71. The van der Waals surface area contributed by atoms with Gasteiger partial charge < -0.3 is 9.84 Å². The summed E-state index contributed by atoms with van der Waals surface area (Å²) >= 11 is 3.36. The molecule has 4 heteroatoms. The van der Waals surface area contributed by atoms with Crippen molar-refractivity contribution in [3.8, 4) is 11.5 Å². The first-order valence-corrected chi connectivity index (χ1v) is 6.13. The lowest BCUT2D eigenvalue weighted by Crippen LogP contribution is -2.00. The molecule has 2 rings (SSSR count). The average Bonchev–Trinajstić information content (AvgIpc) is 2.32. The number of aryl methyl sites for hydroxylation is 1. The maximum atomic E-state index is 11.1. The molecular weight excluding hydrogens is 296 g/mol. The van der Waals surface area contributed by atoms with Crippen molar-refractivity contribution in [1.29, 1.82) is 0 Å². The van der Waals surface area contributed by atoms with Gasteiger partial charge in [0.05, 0.1) is 4.47 Å². The smallest absolute Gasteiger partial charge is 0.339 e. The van der Waals surface area contributed by atoms with Crippen molar-refractivity contribution >= 4 is 21.9 Å². The summed E-state index contributed by atoms with van der Waals surface area (Å²) in [6.45, 7) is 1.89. The molecule has 0 fully saturated rings. The minimum Gasteiger partial charge on any atom is -0.478 e. The molecule has 0 aliphatic carbocycles. The maximum absolute atomic E-state index is 11.1. The highest BCUT2D eigenvalue weighted by molar-refractivity contribution is 9.10. The van der Waals surface area contributed by atoms with Crippen LogP contribution in [-0.2, 0) is 0 Å². The van der Waals surface area contributed by atoms with Crippen LogP contribution >= 0.6 is 15.9 Å². The molecule has 0 unspecified atom stereocenters. The molecule has 0 saturated heterocycles. The molecule has 0 atom stereocenters. The summed E-state index contributed by atoms with van der Waals surface area (Å²) in [6.07, 6.45) is 0. The van der Waals surface area contributed by atoms with Crippen molar-refractivity contribution < 1.29 is 14.6 Å². The molecule has 2 aromatic carbocycles. The lowest BCUT2D eigenvalue weighted by atomic mass is 10.1. The monoisotopic (exact) mass is 306 g/mol. The van der Waals surface area contributed by atoms with E-state index in [2.05, 4.69) is 15.9 Å². The van der Waals surface area contributed by atoms with Crippen molar-refractivity contribution in [3.05, 3.63) is 58.1 Å². The third-order valence-corrected chi connectivity index (χ3v) is 3.08. The summed E-state index contributed by atoms with van der Waals surface area (Å²) in [5, 5.41) is 9.11. The van der Waals surface area contributed by atoms with Gasteiger partial charge in [-0.1, -0.05) is 18.2 Å². The van der Waals surface area contributed by atoms with Gasteiger partial charge in [-0.25, -0.2) is 4.79 Å². The fourth-order valence-electron chi connectivity index (χ4n) is 1.54. The summed E-state index contributed by atoms with van der Waals surface area (Å²) in [4.78, 5) is 11.1. The van der Waals surface area contributed by atoms with Gasteiger partial charge in [-0.3, -0.25) is 0 Å². The molecule has 0 bridgehead atoms. The number of carbonyl (C=O) groups is 1. The van der Waals surface area contributed by atoms with E-state index in [1.54, 1.807) is 24.3 Å². The molecule has 3 nitrogen and oxygen atoms in total. The SMILES string of the molecule is Cc1ccc(C(=O)O)c(Oc2ccccc2Br)c1. The average molecular weight is 307 g/mol. The Kier molecular flexibility index (Phi) is 3.67. The summed E-state index contributed by atoms with van der Waals surface area (Å²) in [6, 6.07) is 12.3. The first-order valence-electron chi connectivity index (χ1n) is 5.34. The number of hydrogen-bond acceptors (Lipinski definition) is 2. The predicted molar refractivity (Wildman–Crippen MR) is 72.4 cm³/mol. The Bertz CT molecular complexity index is 593. The van der Waals surface area contributed by atoms with Crippen LogP contribution in [0.3, 0.4) is 0 Å². The van der Waals surface area contributed by atoms with Crippen LogP contribution < -0.4 is 4.74 Å². The van der Waals surface area contributed by atoms with Gasteiger partial charge >= 0.3 is 5.97 Å². The lowest BCUT2D eigenvalue weighted by molar-refractivity contribution is 0.0694. The number of ether oxygens (including phenoxy) is 1. The third-order valence-electron chi connectivity index (χ3n) is 2.42. The second-order valence-corrected chi connectivity index (χ2v) is 4.69.